The second-order valence-corrected chi connectivity index (χ2v) is 9.96. The Labute approximate surface area is 217 Å². The number of imidazole rings is 1. The number of anilines is 1. The third-order valence-electron chi connectivity index (χ3n) is 7.02. The van der Waals surface area contributed by atoms with Crippen LogP contribution in [0.25, 0.3) is 16.9 Å². The molecule has 0 aliphatic heterocycles. The van der Waals surface area contributed by atoms with Crippen LogP contribution in [0.5, 0.6) is 11.5 Å². The summed E-state index contributed by atoms with van der Waals surface area (Å²) in [5.41, 5.74) is 6.25. The van der Waals surface area contributed by atoms with Crippen molar-refractivity contribution in [3.8, 4) is 22.8 Å². The standard InChI is InChI=1S/C29H33ClN4O2/c1-19-4-6-20(7-5-19)17-31-21-8-10-22(11-9-21)32-23-12-13-34-18-26(33-29(34)14-23)24-15-25(30)28(36-3)16-27(24)35-2/h4-7,12-16,18,21-22,31-32H,8-11,17H2,1-3H3/t21-,22+. The number of halogens is 1. The summed E-state index contributed by atoms with van der Waals surface area (Å²) < 4.78 is 12.9. The van der Waals surface area contributed by atoms with E-state index in [1.165, 1.54) is 24.0 Å². The Balaban J connectivity index is 1.21. The first-order valence-electron chi connectivity index (χ1n) is 12.5. The van der Waals surface area contributed by atoms with Crippen molar-refractivity contribution in [2.24, 2.45) is 0 Å². The van der Waals surface area contributed by atoms with Gasteiger partial charge in [-0.1, -0.05) is 41.4 Å². The van der Waals surface area contributed by atoms with Crippen molar-refractivity contribution in [1.82, 2.24) is 14.7 Å². The summed E-state index contributed by atoms with van der Waals surface area (Å²) in [5, 5.41) is 7.99. The minimum absolute atomic E-state index is 0.472. The summed E-state index contributed by atoms with van der Waals surface area (Å²) in [7, 11) is 3.23. The lowest BCUT2D eigenvalue weighted by atomic mass is 9.91. The van der Waals surface area contributed by atoms with Crippen LogP contribution < -0.4 is 20.1 Å². The van der Waals surface area contributed by atoms with Gasteiger partial charge in [-0.15, -0.1) is 0 Å². The monoisotopic (exact) mass is 504 g/mol. The predicted octanol–water partition coefficient (Wildman–Crippen LogP) is 6.49. The van der Waals surface area contributed by atoms with Gasteiger partial charge in [-0.25, -0.2) is 4.98 Å². The predicted molar refractivity (Wildman–Crippen MR) is 146 cm³/mol. The Morgan fingerprint density at radius 3 is 2.39 bits per heavy atom. The van der Waals surface area contributed by atoms with E-state index in [1.54, 1.807) is 20.3 Å². The molecular weight excluding hydrogens is 472 g/mol. The van der Waals surface area contributed by atoms with E-state index in [2.05, 4.69) is 54.0 Å². The summed E-state index contributed by atoms with van der Waals surface area (Å²) in [4.78, 5) is 4.85. The number of pyridine rings is 1. The highest BCUT2D eigenvalue weighted by atomic mass is 35.5. The Kier molecular flexibility index (Phi) is 7.35. The molecule has 1 saturated carbocycles. The van der Waals surface area contributed by atoms with Crippen molar-refractivity contribution in [3.63, 3.8) is 0 Å². The highest BCUT2D eigenvalue weighted by Crippen LogP contribution is 2.38. The SMILES string of the molecule is COc1cc(OC)c(-c2cn3ccc(N[C@H]4CC[C@@H](NCc5ccc(C)cc5)CC4)cc3n2)cc1Cl. The quantitative estimate of drug-likeness (QED) is 0.287. The van der Waals surface area contributed by atoms with Gasteiger partial charge >= 0.3 is 0 Å². The number of methoxy groups -OCH3 is 2. The molecule has 4 aromatic rings. The van der Waals surface area contributed by atoms with Crippen LogP contribution in [0.3, 0.4) is 0 Å². The lowest BCUT2D eigenvalue weighted by molar-refractivity contribution is 0.353. The van der Waals surface area contributed by atoms with Gasteiger partial charge in [0.1, 0.15) is 17.1 Å². The number of aryl methyl sites for hydroxylation is 1. The van der Waals surface area contributed by atoms with Gasteiger partial charge < -0.3 is 24.5 Å². The third kappa shape index (κ3) is 5.45. The Hall–Kier alpha value is -3.22. The van der Waals surface area contributed by atoms with E-state index >= 15 is 0 Å². The van der Waals surface area contributed by atoms with E-state index in [-0.39, 0.29) is 0 Å². The smallest absolute Gasteiger partial charge is 0.141 e. The summed E-state index contributed by atoms with van der Waals surface area (Å²) in [6.45, 7) is 3.06. The fraction of sp³-hybridized carbons (Fsp3) is 0.345. The van der Waals surface area contributed by atoms with Gasteiger partial charge in [-0.05, 0) is 50.3 Å². The summed E-state index contributed by atoms with van der Waals surface area (Å²) >= 11 is 6.38. The number of aromatic nitrogens is 2. The maximum atomic E-state index is 6.38. The van der Waals surface area contributed by atoms with Crippen LogP contribution in [-0.2, 0) is 6.54 Å². The van der Waals surface area contributed by atoms with E-state index in [1.807, 2.05) is 22.9 Å². The number of nitrogens with one attached hydrogen (secondary N) is 2. The molecule has 36 heavy (non-hydrogen) atoms. The van der Waals surface area contributed by atoms with Crippen LogP contribution in [0, 0.1) is 6.92 Å². The molecule has 5 rings (SSSR count). The van der Waals surface area contributed by atoms with E-state index in [9.17, 15) is 0 Å². The minimum Gasteiger partial charge on any atom is -0.496 e. The first kappa shape index (κ1) is 24.5. The van der Waals surface area contributed by atoms with Crippen LogP contribution in [0.15, 0.2) is 60.9 Å². The van der Waals surface area contributed by atoms with Crippen LogP contribution >= 0.6 is 11.6 Å². The van der Waals surface area contributed by atoms with E-state index < -0.39 is 0 Å². The molecular formula is C29H33ClN4O2. The molecule has 0 radical (unpaired) electrons. The van der Waals surface area contributed by atoms with Gasteiger partial charge in [-0.2, -0.15) is 0 Å². The van der Waals surface area contributed by atoms with E-state index in [4.69, 9.17) is 26.1 Å². The fourth-order valence-electron chi connectivity index (χ4n) is 4.91. The Morgan fingerprint density at radius 2 is 1.67 bits per heavy atom. The molecule has 0 atom stereocenters. The van der Waals surface area contributed by atoms with Crippen molar-refractivity contribution in [3.05, 3.63) is 77.1 Å². The zero-order valence-electron chi connectivity index (χ0n) is 21.1. The van der Waals surface area contributed by atoms with Crippen molar-refractivity contribution in [2.75, 3.05) is 19.5 Å². The molecule has 2 aromatic carbocycles. The molecule has 0 bridgehead atoms. The average Bonchev–Trinajstić information content (AvgIpc) is 3.32. The molecule has 0 spiro atoms. The normalized spacial score (nSPS) is 17.8. The fourth-order valence-corrected chi connectivity index (χ4v) is 5.15. The van der Waals surface area contributed by atoms with Crippen LogP contribution in [0.1, 0.15) is 36.8 Å². The minimum atomic E-state index is 0.472. The summed E-state index contributed by atoms with van der Waals surface area (Å²) in [6.07, 6.45) is 8.69. The van der Waals surface area contributed by atoms with Gasteiger partial charge in [0.15, 0.2) is 0 Å². The van der Waals surface area contributed by atoms with Crippen molar-refractivity contribution < 1.29 is 9.47 Å². The van der Waals surface area contributed by atoms with Gasteiger partial charge in [0.2, 0.25) is 0 Å². The number of hydrogen-bond donors (Lipinski definition) is 2. The number of nitrogens with zero attached hydrogens (tertiary/aromatic N) is 2. The first-order valence-corrected chi connectivity index (χ1v) is 12.9. The summed E-state index contributed by atoms with van der Waals surface area (Å²) in [6, 6.07) is 17.7. The molecule has 1 aliphatic rings. The largest absolute Gasteiger partial charge is 0.496 e. The van der Waals surface area contributed by atoms with Gasteiger partial charge in [0.05, 0.1) is 24.9 Å². The van der Waals surface area contributed by atoms with Crippen molar-refractivity contribution in [2.45, 2.75) is 51.2 Å². The zero-order chi connectivity index (χ0) is 25.1. The van der Waals surface area contributed by atoms with Gasteiger partial charge in [-0.3, -0.25) is 0 Å². The topological polar surface area (TPSA) is 59.8 Å². The molecule has 0 amide bonds. The van der Waals surface area contributed by atoms with E-state index in [0.29, 0.717) is 28.6 Å². The van der Waals surface area contributed by atoms with Gasteiger partial charge in [0.25, 0.3) is 0 Å². The molecule has 2 aromatic heterocycles. The molecule has 7 heteroatoms. The summed E-state index contributed by atoms with van der Waals surface area (Å²) in [5.74, 6) is 1.25. The van der Waals surface area contributed by atoms with Crippen molar-refractivity contribution in [1.29, 1.82) is 0 Å². The van der Waals surface area contributed by atoms with Gasteiger partial charge in [0, 0.05) is 54.4 Å². The van der Waals surface area contributed by atoms with Crippen molar-refractivity contribution >= 4 is 22.9 Å². The molecule has 1 aliphatic carbocycles. The van der Waals surface area contributed by atoms with Crippen LogP contribution in [-0.4, -0.2) is 35.7 Å². The number of benzene rings is 2. The van der Waals surface area contributed by atoms with Crippen LogP contribution in [0.4, 0.5) is 5.69 Å². The highest BCUT2D eigenvalue weighted by molar-refractivity contribution is 6.32. The molecule has 2 heterocycles. The molecule has 1 fully saturated rings. The maximum Gasteiger partial charge on any atom is 0.141 e. The first-order chi connectivity index (χ1) is 17.5. The number of fused-ring (bicyclic) bond motifs is 1. The number of hydrogen-bond acceptors (Lipinski definition) is 5. The maximum absolute atomic E-state index is 6.38. The molecule has 188 valence electrons. The third-order valence-corrected chi connectivity index (χ3v) is 7.32. The lowest BCUT2D eigenvalue weighted by Crippen LogP contribution is -2.36. The zero-order valence-corrected chi connectivity index (χ0v) is 21.8. The highest BCUT2D eigenvalue weighted by Gasteiger charge is 2.21. The Bertz CT molecular complexity index is 1330. The molecule has 6 nitrogen and oxygen atoms in total. The Morgan fingerprint density at radius 1 is 0.944 bits per heavy atom. The molecule has 0 saturated heterocycles. The molecule has 0 unspecified atom stereocenters. The second kappa shape index (κ2) is 10.8. The van der Waals surface area contributed by atoms with E-state index in [0.717, 1.165) is 42.0 Å². The average molecular weight is 505 g/mol. The van der Waals surface area contributed by atoms with Crippen LogP contribution in [0.2, 0.25) is 5.02 Å². The number of ether oxygens (including phenoxy) is 2. The molecule has 2 N–H and O–H groups in total. The lowest BCUT2D eigenvalue weighted by Gasteiger charge is -2.30. The number of rotatable bonds is 8. The second-order valence-electron chi connectivity index (χ2n) is 9.55.